The number of nitrogens with zero attached hydrogens (tertiary/aromatic N) is 4. The van der Waals surface area contributed by atoms with E-state index in [0.29, 0.717) is 12.6 Å². The van der Waals surface area contributed by atoms with Gasteiger partial charge < -0.3 is 9.88 Å². The Morgan fingerprint density at radius 1 is 1.45 bits per heavy atom. The Morgan fingerprint density at radius 2 is 2.18 bits per heavy atom. The maximum atomic E-state index is 12.3. The minimum Gasteiger partial charge on any atom is -0.347 e. The zero-order valence-corrected chi connectivity index (χ0v) is 13.6. The molecule has 0 fully saturated rings. The Labute approximate surface area is 130 Å². The molecule has 0 aliphatic carbocycles. The molecule has 0 saturated carbocycles. The summed E-state index contributed by atoms with van der Waals surface area (Å²) in [4.78, 5) is 21.0. The van der Waals surface area contributed by atoms with E-state index in [-0.39, 0.29) is 6.03 Å². The van der Waals surface area contributed by atoms with E-state index < -0.39 is 0 Å². The van der Waals surface area contributed by atoms with Crippen molar-refractivity contribution in [3.05, 3.63) is 30.0 Å². The van der Waals surface area contributed by atoms with Crippen molar-refractivity contribution in [2.24, 2.45) is 0 Å². The summed E-state index contributed by atoms with van der Waals surface area (Å²) in [6.07, 6.45) is 5.37. The Hall–Kier alpha value is -2.31. The Bertz CT molecular complexity index is 600. The van der Waals surface area contributed by atoms with Crippen LogP contribution >= 0.6 is 0 Å². The summed E-state index contributed by atoms with van der Waals surface area (Å²) in [5.74, 6) is 1.49. The molecule has 7 nitrogen and oxygen atoms in total. The summed E-state index contributed by atoms with van der Waals surface area (Å²) in [5.41, 5.74) is 0.899. The van der Waals surface area contributed by atoms with E-state index in [0.717, 1.165) is 30.2 Å². The van der Waals surface area contributed by atoms with E-state index in [1.165, 1.54) is 0 Å². The number of H-pyrrole nitrogens is 1. The second-order valence-electron chi connectivity index (χ2n) is 5.41. The maximum Gasteiger partial charge on any atom is 0.323 e. The number of urea groups is 1. The van der Waals surface area contributed by atoms with Gasteiger partial charge in [-0.3, -0.25) is 5.32 Å². The first kappa shape index (κ1) is 16.1. The van der Waals surface area contributed by atoms with Crippen LogP contribution in [0.5, 0.6) is 0 Å². The van der Waals surface area contributed by atoms with Crippen LogP contribution in [0.1, 0.15) is 44.2 Å². The normalized spacial score (nSPS) is 11.0. The highest BCUT2D eigenvalue weighted by Gasteiger charge is 2.17. The molecule has 22 heavy (non-hydrogen) atoms. The second kappa shape index (κ2) is 7.11. The lowest BCUT2D eigenvalue weighted by atomic mass is 10.2. The van der Waals surface area contributed by atoms with E-state index in [4.69, 9.17) is 0 Å². The van der Waals surface area contributed by atoms with Crippen LogP contribution in [0.15, 0.2) is 18.5 Å². The number of hydrogen-bond donors (Lipinski definition) is 2. The van der Waals surface area contributed by atoms with Crippen LogP contribution in [-0.4, -0.2) is 37.7 Å². The zero-order valence-electron chi connectivity index (χ0n) is 13.6. The SMILES string of the molecule is CCC(CC)n1nc(C)cc1NC(=O)N(C)Cc1ncc[nH]1. The number of nitrogens with one attached hydrogen (secondary N) is 2. The topological polar surface area (TPSA) is 78.8 Å². The van der Waals surface area contributed by atoms with Gasteiger partial charge in [0.2, 0.25) is 0 Å². The number of aromatic amines is 1. The van der Waals surface area contributed by atoms with Crippen LogP contribution in [0.25, 0.3) is 0 Å². The molecular weight excluding hydrogens is 280 g/mol. The van der Waals surface area contributed by atoms with Crippen molar-refractivity contribution in [2.45, 2.75) is 46.2 Å². The van der Waals surface area contributed by atoms with Gasteiger partial charge in [0.1, 0.15) is 11.6 Å². The predicted octanol–water partition coefficient (Wildman–Crippen LogP) is 2.94. The van der Waals surface area contributed by atoms with Gasteiger partial charge in [0.15, 0.2) is 0 Å². The molecule has 0 bridgehead atoms. The second-order valence-corrected chi connectivity index (χ2v) is 5.41. The Balaban J connectivity index is 2.07. The van der Waals surface area contributed by atoms with Crippen LogP contribution in [0.4, 0.5) is 10.6 Å². The van der Waals surface area contributed by atoms with Crippen molar-refractivity contribution in [2.75, 3.05) is 12.4 Å². The average molecular weight is 304 g/mol. The third kappa shape index (κ3) is 3.66. The number of carbonyl (C=O) groups is 1. The Kier molecular flexibility index (Phi) is 5.19. The van der Waals surface area contributed by atoms with Gasteiger partial charge in [0.05, 0.1) is 18.3 Å². The van der Waals surface area contributed by atoms with Crippen LogP contribution in [0.2, 0.25) is 0 Å². The molecule has 2 amide bonds. The van der Waals surface area contributed by atoms with Gasteiger partial charge in [-0.1, -0.05) is 13.8 Å². The van der Waals surface area contributed by atoms with Crippen molar-refractivity contribution in [3.8, 4) is 0 Å². The number of imidazole rings is 1. The maximum absolute atomic E-state index is 12.3. The number of aryl methyl sites for hydroxylation is 1. The Morgan fingerprint density at radius 3 is 2.77 bits per heavy atom. The first-order chi connectivity index (χ1) is 10.5. The monoisotopic (exact) mass is 304 g/mol. The lowest BCUT2D eigenvalue weighted by molar-refractivity contribution is 0.219. The van der Waals surface area contributed by atoms with Crippen molar-refractivity contribution in [3.63, 3.8) is 0 Å². The molecule has 0 spiro atoms. The van der Waals surface area contributed by atoms with Gasteiger partial charge in [-0.05, 0) is 19.8 Å². The third-order valence-corrected chi connectivity index (χ3v) is 3.67. The molecular formula is C15H24N6O. The molecule has 0 aliphatic heterocycles. The van der Waals surface area contributed by atoms with Crippen molar-refractivity contribution < 1.29 is 4.79 Å². The van der Waals surface area contributed by atoms with Crippen LogP contribution in [0.3, 0.4) is 0 Å². The van der Waals surface area contributed by atoms with Gasteiger partial charge in [-0.25, -0.2) is 14.5 Å². The fourth-order valence-electron chi connectivity index (χ4n) is 2.41. The molecule has 2 aromatic rings. The summed E-state index contributed by atoms with van der Waals surface area (Å²) in [5, 5.41) is 7.44. The third-order valence-electron chi connectivity index (χ3n) is 3.67. The van der Waals surface area contributed by atoms with Crippen molar-refractivity contribution >= 4 is 11.8 Å². The molecule has 2 heterocycles. The number of hydrogen-bond acceptors (Lipinski definition) is 3. The molecule has 2 N–H and O–H groups in total. The van der Waals surface area contributed by atoms with E-state index in [1.54, 1.807) is 24.3 Å². The molecule has 2 rings (SSSR count). The molecule has 0 saturated heterocycles. The van der Waals surface area contributed by atoms with Gasteiger partial charge in [-0.15, -0.1) is 0 Å². The van der Waals surface area contributed by atoms with E-state index in [2.05, 4.69) is 34.2 Å². The number of anilines is 1. The van der Waals surface area contributed by atoms with E-state index in [1.807, 2.05) is 17.7 Å². The standard InChI is InChI=1S/C15H24N6O/c1-5-12(6-2)21-14(9-11(3)19-21)18-15(22)20(4)10-13-16-7-8-17-13/h7-9,12H,5-6,10H2,1-4H3,(H,16,17)(H,18,22). The number of amides is 2. The molecule has 2 aromatic heterocycles. The van der Waals surface area contributed by atoms with Crippen LogP contribution < -0.4 is 5.32 Å². The molecule has 0 aliphatic rings. The number of aromatic nitrogens is 4. The summed E-state index contributed by atoms with van der Waals surface area (Å²) < 4.78 is 1.91. The van der Waals surface area contributed by atoms with Crippen molar-refractivity contribution in [1.29, 1.82) is 0 Å². The fourth-order valence-corrected chi connectivity index (χ4v) is 2.41. The minimum atomic E-state index is -0.177. The van der Waals surface area contributed by atoms with Gasteiger partial charge in [0, 0.05) is 25.5 Å². The summed E-state index contributed by atoms with van der Waals surface area (Å²) in [6.45, 7) is 6.61. The van der Waals surface area contributed by atoms with Gasteiger partial charge in [0.25, 0.3) is 0 Å². The van der Waals surface area contributed by atoms with Crippen LogP contribution in [0, 0.1) is 6.92 Å². The predicted molar refractivity (Wildman–Crippen MR) is 85.7 cm³/mol. The van der Waals surface area contributed by atoms with E-state index >= 15 is 0 Å². The first-order valence-electron chi connectivity index (χ1n) is 7.61. The highest BCUT2D eigenvalue weighted by atomic mass is 16.2. The molecule has 120 valence electrons. The lowest BCUT2D eigenvalue weighted by Crippen LogP contribution is -2.32. The van der Waals surface area contributed by atoms with Crippen LogP contribution in [-0.2, 0) is 6.54 Å². The fraction of sp³-hybridized carbons (Fsp3) is 0.533. The number of rotatable bonds is 6. The quantitative estimate of drug-likeness (QED) is 0.861. The first-order valence-corrected chi connectivity index (χ1v) is 7.61. The van der Waals surface area contributed by atoms with Gasteiger partial charge >= 0.3 is 6.03 Å². The molecule has 0 unspecified atom stereocenters. The summed E-state index contributed by atoms with van der Waals surface area (Å²) in [6, 6.07) is 2.01. The largest absolute Gasteiger partial charge is 0.347 e. The van der Waals surface area contributed by atoms with E-state index in [9.17, 15) is 4.79 Å². The average Bonchev–Trinajstić information content (AvgIpc) is 3.11. The summed E-state index contributed by atoms with van der Waals surface area (Å²) >= 11 is 0. The minimum absolute atomic E-state index is 0.177. The highest BCUT2D eigenvalue weighted by Crippen LogP contribution is 2.22. The molecule has 0 aromatic carbocycles. The number of carbonyl (C=O) groups excluding carboxylic acids is 1. The zero-order chi connectivity index (χ0) is 16.1. The smallest absolute Gasteiger partial charge is 0.323 e. The molecule has 7 heteroatoms. The summed E-state index contributed by atoms with van der Waals surface area (Å²) in [7, 11) is 1.74. The molecule has 0 atom stereocenters. The molecule has 0 radical (unpaired) electrons. The van der Waals surface area contributed by atoms with Gasteiger partial charge in [-0.2, -0.15) is 5.10 Å². The highest BCUT2D eigenvalue weighted by molar-refractivity contribution is 5.88. The lowest BCUT2D eigenvalue weighted by Gasteiger charge is -2.20. The van der Waals surface area contributed by atoms with Crippen molar-refractivity contribution in [1.82, 2.24) is 24.6 Å².